The van der Waals surface area contributed by atoms with Gasteiger partial charge in [0, 0.05) is 82.2 Å². The average Bonchev–Trinajstić information content (AvgIpc) is 2.81. The van der Waals surface area contributed by atoms with Gasteiger partial charge in [-0.1, -0.05) is 36.4 Å². The van der Waals surface area contributed by atoms with E-state index >= 15 is 0 Å². The predicted molar refractivity (Wildman–Crippen MR) is 159 cm³/mol. The van der Waals surface area contributed by atoms with Crippen LogP contribution in [0.25, 0.3) is 0 Å². The summed E-state index contributed by atoms with van der Waals surface area (Å²) >= 11 is 6.01. The maximum Gasteiger partial charge on any atom is 0.0639 e. The number of alkyl halides is 1. The van der Waals surface area contributed by atoms with Crippen LogP contribution in [0.2, 0.25) is 0 Å². The lowest BCUT2D eigenvalue weighted by molar-refractivity contribution is 0.123. The van der Waals surface area contributed by atoms with Crippen LogP contribution in [0.5, 0.6) is 0 Å². The van der Waals surface area contributed by atoms with Crippen molar-refractivity contribution < 1.29 is 5.11 Å². The van der Waals surface area contributed by atoms with E-state index in [0.717, 1.165) is 65.4 Å². The number of piperazine rings is 2. The van der Waals surface area contributed by atoms with Crippen LogP contribution < -0.4 is 9.80 Å². The van der Waals surface area contributed by atoms with E-state index in [1.54, 1.807) is 0 Å². The number of benzene rings is 2. The summed E-state index contributed by atoms with van der Waals surface area (Å²) in [6.45, 7) is 14.3. The molecule has 0 radical (unpaired) electrons. The fraction of sp³-hybridized carbons (Fsp3) is 0.538. The lowest BCUT2D eigenvalue weighted by atomic mass is 10.2. The van der Waals surface area contributed by atoms with E-state index in [1.165, 1.54) is 11.4 Å². The molecule has 9 heteroatoms. The number of hydrogen-bond donors (Lipinski definition) is 1. The first-order valence-corrected chi connectivity index (χ1v) is 12.3. The van der Waals surface area contributed by atoms with Crippen LogP contribution >= 0.6 is 48.8 Å². The number of nitrogens with zero attached hydrogens (tertiary/aromatic N) is 4. The van der Waals surface area contributed by atoms with E-state index in [1.807, 2.05) is 13.0 Å². The van der Waals surface area contributed by atoms with Crippen molar-refractivity contribution >= 4 is 60.2 Å². The first-order valence-electron chi connectivity index (χ1n) is 11.9. The fourth-order valence-electron chi connectivity index (χ4n) is 4.38. The van der Waals surface area contributed by atoms with Crippen LogP contribution in [0.4, 0.5) is 11.4 Å². The number of aliphatic hydroxyl groups is 1. The summed E-state index contributed by atoms with van der Waals surface area (Å²) in [7, 11) is 0. The molecule has 0 amide bonds. The van der Waals surface area contributed by atoms with Gasteiger partial charge in [-0.05, 0) is 38.1 Å². The Hall–Kier alpha value is -0.920. The lowest BCUT2D eigenvalue weighted by Crippen LogP contribution is -2.48. The van der Waals surface area contributed by atoms with Gasteiger partial charge in [-0.3, -0.25) is 9.80 Å². The highest BCUT2D eigenvalue weighted by Gasteiger charge is 2.18. The van der Waals surface area contributed by atoms with Crippen molar-refractivity contribution in [3.63, 3.8) is 0 Å². The van der Waals surface area contributed by atoms with E-state index < -0.39 is 0 Å². The molecule has 0 aliphatic carbocycles. The van der Waals surface area contributed by atoms with Crippen molar-refractivity contribution in [2.24, 2.45) is 0 Å². The van der Waals surface area contributed by atoms with Gasteiger partial charge < -0.3 is 14.9 Å². The Morgan fingerprint density at radius 3 is 1.29 bits per heavy atom. The van der Waals surface area contributed by atoms with Crippen LogP contribution in [0, 0.1) is 0 Å². The zero-order valence-electron chi connectivity index (χ0n) is 20.8. The molecule has 2 unspecified atom stereocenters. The molecule has 0 spiro atoms. The summed E-state index contributed by atoms with van der Waals surface area (Å²) in [5.41, 5.74) is 2.64. The van der Waals surface area contributed by atoms with Crippen LogP contribution in [0.3, 0.4) is 0 Å². The lowest BCUT2D eigenvalue weighted by Gasteiger charge is -2.36. The average molecular weight is 568 g/mol. The van der Waals surface area contributed by atoms with Gasteiger partial charge in [0.15, 0.2) is 0 Å². The number of halogens is 4. The minimum absolute atomic E-state index is 0. The summed E-state index contributed by atoms with van der Waals surface area (Å²) in [6.07, 6.45) is -0.219. The van der Waals surface area contributed by atoms with E-state index in [9.17, 15) is 5.11 Å². The molecule has 35 heavy (non-hydrogen) atoms. The van der Waals surface area contributed by atoms with Gasteiger partial charge >= 0.3 is 0 Å². The molecule has 1 N–H and O–H groups in total. The third-order valence-electron chi connectivity index (χ3n) is 6.02. The number of para-hydroxylation sites is 2. The topological polar surface area (TPSA) is 33.2 Å². The van der Waals surface area contributed by atoms with Gasteiger partial charge in [0.2, 0.25) is 0 Å². The smallest absolute Gasteiger partial charge is 0.0639 e. The molecule has 2 aliphatic rings. The van der Waals surface area contributed by atoms with Crippen molar-refractivity contribution in [2.45, 2.75) is 25.3 Å². The minimum atomic E-state index is -0.219. The van der Waals surface area contributed by atoms with Gasteiger partial charge in [0.1, 0.15) is 0 Å². The second-order valence-corrected chi connectivity index (χ2v) is 9.62. The van der Waals surface area contributed by atoms with Crippen LogP contribution in [-0.2, 0) is 0 Å². The Bertz CT molecular complexity index is 689. The van der Waals surface area contributed by atoms with Crippen LogP contribution in [0.1, 0.15) is 13.8 Å². The molecular formula is C26H42Cl4N4O. The maximum absolute atomic E-state index is 9.33. The standard InChI is InChI=1S/C13H19ClN2.C13H20N2O.3ClH/c1-12(14)11-15-7-9-16(10-8-15)13-5-3-2-4-6-13;1-12(16)11-14-7-9-15(10-8-14)13-5-3-2-4-6-13;;;/h2-6,12H,7-11H2,1H3;2-6,12,16H,7-11H2,1H3;3*1H. The zero-order chi connectivity index (χ0) is 22.8. The Morgan fingerprint density at radius 1 is 0.629 bits per heavy atom. The molecule has 0 aromatic heterocycles. The molecule has 2 fully saturated rings. The highest BCUT2D eigenvalue weighted by Crippen LogP contribution is 2.16. The molecule has 5 nitrogen and oxygen atoms in total. The monoisotopic (exact) mass is 566 g/mol. The van der Waals surface area contributed by atoms with E-state index in [-0.39, 0.29) is 48.7 Å². The molecule has 0 bridgehead atoms. The molecule has 2 saturated heterocycles. The fourth-order valence-corrected chi connectivity index (χ4v) is 4.58. The summed E-state index contributed by atoms with van der Waals surface area (Å²) in [4.78, 5) is 9.61. The summed E-state index contributed by atoms with van der Waals surface area (Å²) in [5.74, 6) is 0. The van der Waals surface area contributed by atoms with Crippen LogP contribution in [0.15, 0.2) is 60.7 Å². The second-order valence-electron chi connectivity index (χ2n) is 8.88. The van der Waals surface area contributed by atoms with Gasteiger partial charge in [0.25, 0.3) is 0 Å². The molecule has 2 aromatic carbocycles. The van der Waals surface area contributed by atoms with E-state index in [0.29, 0.717) is 0 Å². The number of anilines is 2. The highest BCUT2D eigenvalue weighted by molar-refractivity contribution is 6.20. The van der Waals surface area contributed by atoms with Crippen molar-refractivity contribution in [3.05, 3.63) is 60.7 Å². The molecule has 4 rings (SSSR count). The van der Waals surface area contributed by atoms with Gasteiger partial charge in [-0.25, -0.2) is 0 Å². The second kappa shape index (κ2) is 18.3. The largest absolute Gasteiger partial charge is 0.392 e. The SMILES string of the molecule is CC(Cl)CN1CCN(c2ccccc2)CC1.CC(O)CN1CCN(c2ccccc2)CC1.Cl.Cl.Cl. The highest BCUT2D eigenvalue weighted by atomic mass is 35.5. The van der Waals surface area contributed by atoms with Crippen molar-refractivity contribution in [2.75, 3.05) is 75.2 Å². The Morgan fingerprint density at radius 2 is 0.971 bits per heavy atom. The number of rotatable bonds is 6. The summed E-state index contributed by atoms with van der Waals surface area (Å²) < 4.78 is 0. The molecule has 2 heterocycles. The van der Waals surface area contributed by atoms with Crippen molar-refractivity contribution in [1.29, 1.82) is 0 Å². The van der Waals surface area contributed by atoms with Gasteiger partial charge in [0.05, 0.1) is 6.10 Å². The Labute approximate surface area is 235 Å². The van der Waals surface area contributed by atoms with Gasteiger partial charge in [-0.2, -0.15) is 0 Å². The Balaban J connectivity index is 0.000000608. The third kappa shape index (κ3) is 12.2. The van der Waals surface area contributed by atoms with Gasteiger partial charge in [-0.15, -0.1) is 48.8 Å². The summed E-state index contributed by atoms with van der Waals surface area (Å²) in [5, 5.41) is 9.59. The number of β-amino-alcohol motifs (C(OH)–C–C–N with tert-alkyl or cyclic N) is 1. The molecule has 2 atom stereocenters. The zero-order valence-corrected chi connectivity index (χ0v) is 24.0. The van der Waals surface area contributed by atoms with Crippen molar-refractivity contribution in [3.8, 4) is 0 Å². The molecular weight excluding hydrogens is 526 g/mol. The van der Waals surface area contributed by atoms with Crippen LogP contribution in [-0.4, -0.2) is 91.8 Å². The molecule has 2 aromatic rings. The number of hydrogen-bond acceptors (Lipinski definition) is 5. The molecule has 2 aliphatic heterocycles. The molecule has 0 saturated carbocycles. The summed E-state index contributed by atoms with van der Waals surface area (Å²) in [6, 6.07) is 21.1. The first-order chi connectivity index (χ1) is 15.5. The van der Waals surface area contributed by atoms with E-state index in [4.69, 9.17) is 11.6 Å². The van der Waals surface area contributed by atoms with Crippen molar-refractivity contribution in [1.82, 2.24) is 9.80 Å². The Kier molecular flexibility index (Phi) is 17.9. The first kappa shape index (κ1) is 34.1. The quantitative estimate of drug-likeness (QED) is 0.502. The normalized spacial score (nSPS) is 18.1. The van der Waals surface area contributed by atoms with E-state index in [2.05, 4.69) is 81.1 Å². The third-order valence-corrected chi connectivity index (χ3v) is 6.16. The predicted octanol–water partition coefficient (Wildman–Crippen LogP) is 4.89. The number of aliphatic hydroxyl groups excluding tert-OH is 1. The minimum Gasteiger partial charge on any atom is -0.392 e. The maximum atomic E-state index is 9.33. The molecule has 200 valence electrons.